The molecule has 0 N–H and O–H groups in total. The average molecular weight is 304 g/mol. The predicted molar refractivity (Wildman–Crippen MR) is 87.8 cm³/mol. The molecule has 2 aromatic carbocycles. The average Bonchev–Trinajstić information content (AvgIpc) is 2.59. The van der Waals surface area contributed by atoms with Gasteiger partial charge in [0.2, 0.25) is 0 Å². The maximum atomic E-state index is 8.72. The Morgan fingerprint density at radius 2 is 1.61 bits per heavy atom. The fraction of sp³-hybridized carbons (Fsp3) is 0.158. The van der Waals surface area contributed by atoms with Crippen LogP contribution in [0.15, 0.2) is 54.1 Å². The highest BCUT2D eigenvalue weighted by Gasteiger charge is 1.99. The Morgan fingerprint density at radius 3 is 2.26 bits per heavy atom. The van der Waals surface area contributed by atoms with Gasteiger partial charge in [-0.3, -0.25) is 0 Å². The molecule has 0 fully saturated rings. The van der Waals surface area contributed by atoms with E-state index in [-0.39, 0.29) is 5.57 Å². The van der Waals surface area contributed by atoms with Crippen molar-refractivity contribution in [2.24, 2.45) is 0 Å². The number of nitriles is 2. The maximum Gasteiger partial charge on any atom is 0.130 e. The SMILES string of the molecule is Cc1ccccc1OCCOc1ccc(C=C(C#N)C#N)cc1. The van der Waals surface area contributed by atoms with Crippen LogP contribution in [0.1, 0.15) is 11.1 Å². The van der Waals surface area contributed by atoms with Gasteiger partial charge < -0.3 is 9.47 Å². The third kappa shape index (κ3) is 4.91. The van der Waals surface area contributed by atoms with Gasteiger partial charge in [0, 0.05) is 0 Å². The lowest BCUT2D eigenvalue weighted by atomic mass is 10.1. The first-order chi connectivity index (χ1) is 11.2. The van der Waals surface area contributed by atoms with Crippen LogP contribution in [0.5, 0.6) is 11.5 Å². The molecule has 23 heavy (non-hydrogen) atoms. The van der Waals surface area contributed by atoms with Gasteiger partial charge in [0.25, 0.3) is 0 Å². The number of aryl methyl sites for hydroxylation is 1. The molecule has 0 aromatic heterocycles. The van der Waals surface area contributed by atoms with Crippen molar-refractivity contribution in [3.05, 3.63) is 65.2 Å². The molecule has 0 unspecified atom stereocenters. The molecule has 0 saturated heterocycles. The monoisotopic (exact) mass is 304 g/mol. The second-order valence-corrected chi connectivity index (χ2v) is 4.81. The topological polar surface area (TPSA) is 66.0 Å². The van der Waals surface area contributed by atoms with Crippen molar-refractivity contribution in [1.82, 2.24) is 0 Å². The molecule has 0 radical (unpaired) electrons. The van der Waals surface area contributed by atoms with Crippen LogP contribution >= 0.6 is 0 Å². The van der Waals surface area contributed by atoms with Gasteiger partial charge in [-0.1, -0.05) is 30.3 Å². The third-order valence-corrected chi connectivity index (χ3v) is 3.14. The number of hydrogen-bond acceptors (Lipinski definition) is 4. The Bertz CT molecular complexity index is 749. The summed E-state index contributed by atoms with van der Waals surface area (Å²) in [7, 11) is 0. The Balaban J connectivity index is 1.83. The molecule has 0 spiro atoms. The second kappa shape index (κ2) is 8.26. The van der Waals surface area contributed by atoms with Gasteiger partial charge in [-0.2, -0.15) is 10.5 Å². The zero-order valence-corrected chi connectivity index (χ0v) is 12.8. The maximum absolute atomic E-state index is 8.72. The number of benzene rings is 2. The zero-order chi connectivity index (χ0) is 16.5. The van der Waals surface area contributed by atoms with E-state index in [2.05, 4.69) is 0 Å². The van der Waals surface area contributed by atoms with E-state index in [4.69, 9.17) is 20.0 Å². The quantitative estimate of drug-likeness (QED) is 0.600. The number of nitrogens with zero attached hydrogens (tertiary/aromatic N) is 2. The Morgan fingerprint density at radius 1 is 0.957 bits per heavy atom. The first-order valence-electron chi connectivity index (χ1n) is 7.16. The molecule has 114 valence electrons. The van der Waals surface area contributed by atoms with Gasteiger partial charge in [0.05, 0.1) is 0 Å². The van der Waals surface area contributed by atoms with E-state index < -0.39 is 0 Å². The number of allylic oxidation sites excluding steroid dienone is 1. The highest BCUT2D eigenvalue weighted by Crippen LogP contribution is 2.17. The molecule has 0 aliphatic heterocycles. The molecule has 2 aromatic rings. The van der Waals surface area contributed by atoms with Crippen molar-refractivity contribution in [3.63, 3.8) is 0 Å². The normalized spacial score (nSPS) is 9.35. The second-order valence-electron chi connectivity index (χ2n) is 4.81. The van der Waals surface area contributed by atoms with E-state index in [9.17, 15) is 0 Å². The first kappa shape index (κ1) is 16.1. The van der Waals surface area contributed by atoms with Crippen molar-refractivity contribution in [3.8, 4) is 23.6 Å². The zero-order valence-electron chi connectivity index (χ0n) is 12.8. The molecule has 0 aliphatic rings. The molecule has 0 heterocycles. The summed E-state index contributed by atoms with van der Waals surface area (Å²) < 4.78 is 11.3. The van der Waals surface area contributed by atoms with Crippen molar-refractivity contribution in [2.45, 2.75) is 6.92 Å². The molecule has 2 rings (SSSR count). The lowest BCUT2D eigenvalue weighted by Crippen LogP contribution is -2.09. The molecular formula is C19H16N2O2. The minimum absolute atomic E-state index is 0.0744. The molecule has 0 amide bonds. The molecule has 4 nitrogen and oxygen atoms in total. The molecule has 0 atom stereocenters. The van der Waals surface area contributed by atoms with Crippen LogP contribution in [0.4, 0.5) is 0 Å². The summed E-state index contributed by atoms with van der Waals surface area (Å²) in [4.78, 5) is 0. The van der Waals surface area contributed by atoms with Crippen molar-refractivity contribution in [2.75, 3.05) is 13.2 Å². The summed E-state index contributed by atoms with van der Waals surface area (Å²) in [6, 6.07) is 18.7. The number of rotatable bonds is 6. The smallest absolute Gasteiger partial charge is 0.130 e. The van der Waals surface area contributed by atoms with Crippen LogP contribution < -0.4 is 9.47 Å². The van der Waals surface area contributed by atoms with E-state index >= 15 is 0 Å². The van der Waals surface area contributed by atoms with Crippen LogP contribution in [0.3, 0.4) is 0 Å². The molecular weight excluding hydrogens is 288 g/mol. The minimum atomic E-state index is 0.0744. The van der Waals surface area contributed by atoms with Crippen molar-refractivity contribution in [1.29, 1.82) is 10.5 Å². The predicted octanol–water partition coefficient (Wildman–Crippen LogP) is 3.88. The number of ether oxygens (including phenoxy) is 2. The summed E-state index contributed by atoms with van der Waals surface area (Å²) in [5.41, 5.74) is 1.95. The van der Waals surface area contributed by atoms with Crippen LogP contribution in [0.2, 0.25) is 0 Å². The largest absolute Gasteiger partial charge is 0.490 e. The Kier molecular flexibility index (Phi) is 5.80. The Labute approximate surface area is 135 Å². The first-order valence-corrected chi connectivity index (χ1v) is 7.16. The van der Waals surface area contributed by atoms with Gasteiger partial charge in [0.15, 0.2) is 0 Å². The molecule has 4 heteroatoms. The van der Waals surface area contributed by atoms with Gasteiger partial charge in [-0.15, -0.1) is 0 Å². The summed E-state index contributed by atoms with van der Waals surface area (Å²) in [6.45, 7) is 2.89. The van der Waals surface area contributed by atoms with Gasteiger partial charge >= 0.3 is 0 Å². The fourth-order valence-corrected chi connectivity index (χ4v) is 1.95. The third-order valence-electron chi connectivity index (χ3n) is 3.14. The van der Waals surface area contributed by atoms with E-state index in [1.165, 1.54) is 6.08 Å². The fourth-order valence-electron chi connectivity index (χ4n) is 1.95. The number of hydrogen-bond donors (Lipinski definition) is 0. The minimum Gasteiger partial charge on any atom is -0.490 e. The lowest BCUT2D eigenvalue weighted by Gasteiger charge is -2.10. The van der Waals surface area contributed by atoms with E-state index in [1.54, 1.807) is 24.3 Å². The van der Waals surface area contributed by atoms with Crippen molar-refractivity contribution < 1.29 is 9.47 Å². The Hall–Kier alpha value is -3.24. The standard InChI is InChI=1S/C19H16N2O2/c1-15-4-2-3-5-19(15)23-11-10-22-18-8-6-16(7-9-18)12-17(13-20)14-21/h2-9,12H,10-11H2,1H3. The van der Waals surface area contributed by atoms with Crippen LogP contribution in [0, 0.1) is 29.6 Å². The van der Waals surface area contributed by atoms with E-state index in [0.717, 1.165) is 16.9 Å². The van der Waals surface area contributed by atoms with Crippen molar-refractivity contribution >= 4 is 6.08 Å². The molecule has 0 aliphatic carbocycles. The van der Waals surface area contributed by atoms with Gasteiger partial charge in [-0.05, 0) is 42.3 Å². The lowest BCUT2D eigenvalue weighted by molar-refractivity contribution is 0.216. The van der Waals surface area contributed by atoms with Crippen LogP contribution in [-0.2, 0) is 0 Å². The highest BCUT2D eigenvalue weighted by atomic mass is 16.5. The summed E-state index contributed by atoms with van der Waals surface area (Å²) in [6.07, 6.45) is 1.53. The summed E-state index contributed by atoms with van der Waals surface area (Å²) >= 11 is 0. The summed E-state index contributed by atoms with van der Waals surface area (Å²) in [5, 5.41) is 17.4. The molecule has 0 saturated carbocycles. The molecule has 0 bridgehead atoms. The van der Waals surface area contributed by atoms with Gasteiger partial charge in [-0.25, -0.2) is 0 Å². The highest BCUT2D eigenvalue weighted by molar-refractivity contribution is 5.62. The van der Waals surface area contributed by atoms with Crippen LogP contribution in [-0.4, -0.2) is 13.2 Å². The van der Waals surface area contributed by atoms with E-state index in [0.29, 0.717) is 19.0 Å². The van der Waals surface area contributed by atoms with Gasteiger partial charge in [0.1, 0.15) is 42.4 Å². The number of para-hydroxylation sites is 1. The van der Waals surface area contributed by atoms with Crippen LogP contribution in [0.25, 0.3) is 6.08 Å². The van der Waals surface area contributed by atoms with E-state index in [1.807, 2.05) is 43.3 Å². The summed E-state index contributed by atoms with van der Waals surface area (Å²) in [5.74, 6) is 1.57.